The van der Waals surface area contributed by atoms with E-state index in [1.54, 1.807) is 12.1 Å². The Morgan fingerprint density at radius 1 is 1.06 bits per heavy atom. The maximum absolute atomic E-state index is 12.8. The van der Waals surface area contributed by atoms with Gasteiger partial charge in [-0.2, -0.15) is 5.10 Å². The lowest BCUT2D eigenvalue weighted by Crippen LogP contribution is -1.99. The summed E-state index contributed by atoms with van der Waals surface area (Å²) in [7, 11) is 0. The molecule has 0 saturated heterocycles. The Labute approximate surface area is 114 Å². The van der Waals surface area contributed by atoms with E-state index in [1.165, 1.54) is 12.1 Å². The summed E-state index contributed by atoms with van der Waals surface area (Å²) in [6.07, 6.45) is 0. The molecule has 0 aliphatic heterocycles. The van der Waals surface area contributed by atoms with Crippen LogP contribution in [0.2, 0.25) is 0 Å². The highest BCUT2D eigenvalue weighted by molar-refractivity contribution is 9.10. The van der Waals surface area contributed by atoms with Gasteiger partial charge in [-0.25, -0.2) is 4.39 Å². The third kappa shape index (κ3) is 3.40. The fraction of sp³-hybridized carbons (Fsp3) is 0.0714. The fourth-order valence-corrected chi connectivity index (χ4v) is 1.69. The molecule has 0 heterocycles. The summed E-state index contributed by atoms with van der Waals surface area (Å²) in [6.45, 7) is 1.87. The minimum absolute atomic E-state index is 0.243. The van der Waals surface area contributed by atoms with Crippen molar-refractivity contribution in [2.75, 3.05) is 5.43 Å². The zero-order valence-corrected chi connectivity index (χ0v) is 11.4. The smallest absolute Gasteiger partial charge is 0.123 e. The lowest BCUT2D eigenvalue weighted by Gasteiger charge is -2.03. The van der Waals surface area contributed by atoms with Gasteiger partial charge < -0.3 is 0 Å². The largest absolute Gasteiger partial charge is 0.278 e. The quantitative estimate of drug-likeness (QED) is 0.658. The van der Waals surface area contributed by atoms with Gasteiger partial charge in [-0.05, 0) is 48.9 Å². The highest BCUT2D eigenvalue weighted by Crippen LogP contribution is 2.14. The second-order valence-electron chi connectivity index (χ2n) is 3.82. The molecule has 0 aromatic heterocycles. The summed E-state index contributed by atoms with van der Waals surface area (Å²) in [6, 6.07) is 14.0. The van der Waals surface area contributed by atoms with Crippen LogP contribution in [0.4, 0.5) is 10.1 Å². The molecule has 4 heteroatoms. The van der Waals surface area contributed by atoms with Gasteiger partial charge in [0.15, 0.2) is 0 Å². The molecule has 0 spiro atoms. The molecule has 0 unspecified atom stereocenters. The van der Waals surface area contributed by atoms with E-state index in [0.717, 1.165) is 21.4 Å². The second-order valence-corrected chi connectivity index (χ2v) is 4.74. The Balaban J connectivity index is 2.09. The molecule has 2 rings (SSSR count). The van der Waals surface area contributed by atoms with Crippen molar-refractivity contribution in [2.45, 2.75) is 6.92 Å². The number of hydrogen-bond acceptors (Lipinski definition) is 2. The molecule has 0 bridgehead atoms. The Kier molecular flexibility index (Phi) is 4.10. The van der Waals surface area contributed by atoms with Crippen molar-refractivity contribution in [3.63, 3.8) is 0 Å². The van der Waals surface area contributed by atoms with E-state index in [-0.39, 0.29) is 5.82 Å². The summed E-state index contributed by atoms with van der Waals surface area (Å²) in [4.78, 5) is 0. The zero-order chi connectivity index (χ0) is 13.0. The van der Waals surface area contributed by atoms with Gasteiger partial charge in [0, 0.05) is 4.47 Å². The van der Waals surface area contributed by atoms with Gasteiger partial charge in [-0.1, -0.05) is 28.1 Å². The number of hydrazone groups is 1. The van der Waals surface area contributed by atoms with Crippen LogP contribution in [0.25, 0.3) is 0 Å². The minimum Gasteiger partial charge on any atom is -0.278 e. The van der Waals surface area contributed by atoms with E-state index in [1.807, 2.05) is 31.2 Å². The average molecular weight is 307 g/mol. The van der Waals surface area contributed by atoms with E-state index in [0.29, 0.717) is 0 Å². The van der Waals surface area contributed by atoms with Crippen LogP contribution in [0.3, 0.4) is 0 Å². The van der Waals surface area contributed by atoms with Gasteiger partial charge in [-0.15, -0.1) is 0 Å². The maximum atomic E-state index is 12.8. The maximum Gasteiger partial charge on any atom is 0.123 e. The van der Waals surface area contributed by atoms with Crippen molar-refractivity contribution in [3.8, 4) is 0 Å². The lowest BCUT2D eigenvalue weighted by molar-refractivity contribution is 0.628. The molecular formula is C14H12BrFN2. The van der Waals surface area contributed by atoms with Crippen molar-refractivity contribution in [1.29, 1.82) is 0 Å². The number of nitrogens with one attached hydrogen (secondary N) is 1. The molecule has 2 nitrogen and oxygen atoms in total. The molecule has 0 aliphatic carbocycles. The van der Waals surface area contributed by atoms with Gasteiger partial charge in [0.2, 0.25) is 0 Å². The topological polar surface area (TPSA) is 24.4 Å². The van der Waals surface area contributed by atoms with E-state index < -0.39 is 0 Å². The van der Waals surface area contributed by atoms with Gasteiger partial charge in [0.1, 0.15) is 5.82 Å². The van der Waals surface area contributed by atoms with Crippen molar-refractivity contribution in [2.24, 2.45) is 5.10 Å². The molecule has 2 aromatic carbocycles. The number of benzene rings is 2. The van der Waals surface area contributed by atoms with Crippen molar-refractivity contribution in [3.05, 3.63) is 64.4 Å². The Hall–Kier alpha value is -1.68. The number of rotatable bonds is 3. The first-order chi connectivity index (χ1) is 8.65. The second kappa shape index (κ2) is 5.78. The first-order valence-electron chi connectivity index (χ1n) is 5.47. The summed E-state index contributed by atoms with van der Waals surface area (Å²) >= 11 is 3.37. The standard InChI is InChI=1S/C14H12BrFN2/c1-10(11-2-6-13(16)7-3-11)17-18-14-8-4-12(15)5-9-14/h2-9,18H,1H3/b17-10-. The molecule has 92 valence electrons. The summed E-state index contributed by atoms with van der Waals surface area (Å²) in [5, 5.41) is 4.25. The molecule has 18 heavy (non-hydrogen) atoms. The van der Waals surface area contributed by atoms with E-state index >= 15 is 0 Å². The molecule has 1 N–H and O–H groups in total. The van der Waals surface area contributed by atoms with Crippen LogP contribution >= 0.6 is 15.9 Å². The molecule has 0 radical (unpaired) electrons. The van der Waals surface area contributed by atoms with Crippen LogP contribution < -0.4 is 5.43 Å². The SMILES string of the molecule is C/C(=N/Nc1ccc(Br)cc1)c1ccc(F)cc1. The van der Waals surface area contributed by atoms with Crippen LogP contribution in [-0.2, 0) is 0 Å². The van der Waals surface area contributed by atoms with Crippen LogP contribution in [0.1, 0.15) is 12.5 Å². The molecule has 2 aromatic rings. The first kappa shape index (κ1) is 12.8. The summed E-state index contributed by atoms with van der Waals surface area (Å²) in [5.74, 6) is -0.243. The predicted octanol–water partition coefficient (Wildman–Crippen LogP) is 4.42. The Morgan fingerprint density at radius 3 is 2.28 bits per heavy atom. The highest BCUT2D eigenvalue weighted by atomic mass is 79.9. The summed E-state index contributed by atoms with van der Waals surface area (Å²) < 4.78 is 13.8. The van der Waals surface area contributed by atoms with Gasteiger partial charge >= 0.3 is 0 Å². The van der Waals surface area contributed by atoms with Gasteiger partial charge in [-0.3, -0.25) is 5.43 Å². The van der Waals surface area contributed by atoms with Crippen LogP contribution in [-0.4, -0.2) is 5.71 Å². The van der Waals surface area contributed by atoms with Gasteiger partial charge in [0.25, 0.3) is 0 Å². The van der Waals surface area contributed by atoms with E-state index in [4.69, 9.17) is 0 Å². The number of hydrogen-bond donors (Lipinski definition) is 1. The van der Waals surface area contributed by atoms with Crippen LogP contribution in [0.5, 0.6) is 0 Å². The number of anilines is 1. The predicted molar refractivity (Wildman–Crippen MR) is 76.4 cm³/mol. The minimum atomic E-state index is -0.243. The Morgan fingerprint density at radius 2 is 1.67 bits per heavy atom. The molecular weight excluding hydrogens is 295 g/mol. The monoisotopic (exact) mass is 306 g/mol. The molecule has 0 aliphatic rings. The third-order valence-electron chi connectivity index (χ3n) is 2.46. The summed E-state index contributed by atoms with van der Waals surface area (Å²) in [5.41, 5.74) is 5.55. The van der Waals surface area contributed by atoms with Gasteiger partial charge in [0.05, 0.1) is 11.4 Å². The first-order valence-corrected chi connectivity index (χ1v) is 6.26. The molecule has 0 atom stereocenters. The van der Waals surface area contributed by atoms with Crippen LogP contribution in [0, 0.1) is 5.82 Å². The molecule has 0 fully saturated rings. The molecule has 0 saturated carbocycles. The Bertz CT molecular complexity index is 547. The fourth-order valence-electron chi connectivity index (χ4n) is 1.43. The highest BCUT2D eigenvalue weighted by Gasteiger charge is 1.98. The molecule has 0 amide bonds. The van der Waals surface area contributed by atoms with Crippen LogP contribution in [0.15, 0.2) is 58.1 Å². The van der Waals surface area contributed by atoms with E-state index in [9.17, 15) is 4.39 Å². The van der Waals surface area contributed by atoms with Crippen molar-refractivity contribution in [1.82, 2.24) is 0 Å². The number of halogens is 2. The van der Waals surface area contributed by atoms with E-state index in [2.05, 4.69) is 26.5 Å². The zero-order valence-electron chi connectivity index (χ0n) is 9.82. The third-order valence-corrected chi connectivity index (χ3v) is 2.99. The average Bonchev–Trinajstić information content (AvgIpc) is 2.38. The van der Waals surface area contributed by atoms with Crippen molar-refractivity contribution >= 4 is 27.3 Å². The number of nitrogens with zero attached hydrogens (tertiary/aromatic N) is 1. The normalized spacial score (nSPS) is 11.4. The van der Waals surface area contributed by atoms with Crippen molar-refractivity contribution < 1.29 is 4.39 Å². The lowest BCUT2D eigenvalue weighted by atomic mass is 10.1.